The van der Waals surface area contributed by atoms with Crippen LogP contribution in [-0.4, -0.2) is 28.3 Å². The first-order valence-electron chi connectivity index (χ1n) is 4.19. The highest BCUT2D eigenvalue weighted by molar-refractivity contribution is 7.84. The molecule has 4 heteroatoms. The molecule has 0 aromatic heterocycles. The van der Waals surface area contributed by atoms with E-state index in [1.54, 1.807) is 6.26 Å². The summed E-state index contributed by atoms with van der Waals surface area (Å²) in [6.07, 6.45) is 4.38. The third-order valence-electron chi connectivity index (χ3n) is 1.73. The van der Waals surface area contributed by atoms with Gasteiger partial charge in [-0.25, -0.2) is 4.79 Å². The quantitative estimate of drug-likeness (QED) is 0.372. The molecule has 0 aliphatic heterocycles. The standard InChI is InChI=1S/C9H16O3S/c1-4-9(10)12-7-5-6-8(2)13(3)11/h4,8H,1,5-7H2,2-3H3. The van der Waals surface area contributed by atoms with Crippen LogP contribution in [0.2, 0.25) is 0 Å². The normalized spacial score (nSPS) is 14.6. The van der Waals surface area contributed by atoms with Crippen LogP contribution in [0.5, 0.6) is 0 Å². The Kier molecular flexibility index (Phi) is 6.49. The predicted molar refractivity (Wildman–Crippen MR) is 53.9 cm³/mol. The van der Waals surface area contributed by atoms with Gasteiger partial charge in [0.25, 0.3) is 0 Å². The maximum Gasteiger partial charge on any atom is 0.330 e. The van der Waals surface area contributed by atoms with Crippen LogP contribution in [0.3, 0.4) is 0 Å². The zero-order chi connectivity index (χ0) is 10.3. The number of hydrogen-bond donors (Lipinski definition) is 0. The molecule has 0 amide bonds. The highest BCUT2D eigenvalue weighted by atomic mass is 32.2. The maximum absolute atomic E-state index is 10.9. The van der Waals surface area contributed by atoms with Crippen LogP contribution in [-0.2, 0) is 20.3 Å². The van der Waals surface area contributed by atoms with Gasteiger partial charge in [0.1, 0.15) is 0 Å². The molecule has 3 nitrogen and oxygen atoms in total. The van der Waals surface area contributed by atoms with Crippen molar-refractivity contribution in [3.8, 4) is 0 Å². The highest BCUT2D eigenvalue weighted by Gasteiger charge is 2.05. The summed E-state index contributed by atoms with van der Waals surface area (Å²) < 4.78 is 15.7. The molecule has 0 heterocycles. The van der Waals surface area contributed by atoms with Crippen LogP contribution in [0, 0.1) is 0 Å². The van der Waals surface area contributed by atoms with E-state index >= 15 is 0 Å². The van der Waals surface area contributed by atoms with Gasteiger partial charge in [-0.15, -0.1) is 0 Å². The van der Waals surface area contributed by atoms with Gasteiger partial charge in [0.15, 0.2) is 0 Å². The Bertz CT molecular complexity index is 201. The second kappa shape index (κ2) is 6.83. The molecule has 2 atom stereocenters. The van der Waals surface area contributed by atoms with E-state index < -0.39 is 16.8 Å². The van der Waals surface area contributed by atoms with E-state index in [1.807, 2.05) is 6.92 Å². The van der Waals surface area contributed by atoms with E-state index in [9.17, 15) is 9.00 Å². The Morgan fingerprint density at radius 2 is 2.31 bits per heavy atom. The first-order chi connectivity index (χ1) is 6.07. The number of ether oxygens (including phenoxy) is 1. The van der Waals surface area contributed by atoms with Crippen LogP contribution in [0.4, 0.5) is 0 Å². The van der Waals surface area contributed by atoms with Gasteiger partial charge >= 0.3 is 5.97 Å². The van der Waals surface area contributed by atoms with Crippen LogP contribution < -0.4 is 0 Å². The first kappa shape index (κ1) is 12.4. The number of hydrogen-bond acceptors (Lipinski definition) is 3. The van der Waals surface area contributed by atoms with Gasteiger partial charge in [-0.2, -0.15) is 0 Å². The molecule has 0 aliphatic rings. The highest BCUT2D eigenvalue weighted by Crippen LogP contribution is 2.02. The molecular formula is C9H16O3S. The Labute approximate surface area is 81.6 Å². The van der Waals surface area contributed by atoms with Gasteiger partial charge in [-0.3, -0.25) is 4.21 Å². The van der Waals surface area contributed by atoms with Crippen molar-refractivity contribution >= 4 is 16.8 Å². The molecule has 0 radical (unpaired) electrons. The minimum Gasteiger partial charge on any atom is -0.463 e. The second-order valence-corrected chi connectivity index (χ2v) is 4.62. The van der Waals surface area contributed by atoms with Crippen molar-refractivity contribution in [1.29, 1.82) is 0 Å². The Balaban J connectivity index is 3.40. The van der Waals surface area contributed by atoms with Gasteiger partial charge in [0.2, 0.25) is 0 Å². The van der Waals surface area contributed by atoms with Gasteiger partial charge in [0, 0.05) is 28.4 Å². The monoisotopic (exact) mass is 204 g/mol. The number of carbonyl (C=O) groups is 1. The first-order valence-corrected chi connectivity index (χ1v) is 5.81. The summed E-state index contributed by atoms with van der Waals surface area (Å²) in [5, 5.41) is 0.169. The summed E-state index contributed by atoms with van der Waals surface area (Å²) in [4.78, 5) is 10.6. The molecule has 0 aromatic rings. The summed E-state index contributed by atoms with van der Waals surface area (Å²) in [5.41, 5.74) is 0. The van der Waals surface area contributed by atoms with Crippen molar-refractivity contribution in [2.24, 2.45) is 0 Å². The van der Waals surface area contributed by atoms with E-state index in [1.165, 1.54) is 0 Å². The number of esters is 1. The zero-order valence-electron chi connectivity index (χ0n) is 8.12. The predicted octanol–water partition coefficient (Wildman–Crippen LogP) is 1.26. The summed E-state index contributed by atoms with van der Waals surface area (Å²) in [7, 11) is -0.787. The molecular weight excluding hydrogens is 188 g/mol. The molecule has 13 heavy (non-hydrogen) atoms. The fourth-order valence-electron chi connectivity index (χ4n) is 0.768. The van der Waals surface area contributed by atoms with Crippen molar-refractivity contribution < 1.29 is 13.7 Å². The summed E-state index contributed by atoms with van der Waals surface area (Å²) in [5.74, 6) is -0.398. The zero-order valence-corrected chi connectivity index (χ0v) is 8.93. The number of carbonyl (C=O) groups excluding carboxylic acids is 1. The molecule has 0 spiro atoms. The third kappa shape index (κ3) is 6.51. The smallest absolute Gasteiger partial charge is 0.330 e. The van der Waals surface area contributed by atoms with Crippen LogP contribution >= 0.6 is 0 Å². The lowest BCUT2D eigenvalue weighted by Crippen LogP contribution is -2.11. The Morgan fingerprint density at radius 3 is 2.77 bits per heavy atom. The average Bonchev–Trinajstić information content (AvgIpc) is 2.11. The van der Waals surface area contributed by atoms with Gasteiger partial charge in [0.05, 0.1) is 6.61 Å². The molecule has 2 unspecified atom stereocenters. The molecule has 0 saturated heterocycles. The van der Waals surface area contributed by atoms with Gasteiger partial charge < -0.3 is 4.74 Å². The fourth-order valence-corrected chi connectivity index (χ4v) is 1.27. The second-order valence-electron chi connectivity index (χ2n) is 2.82. The molecule has 0 N–H and O–H groups in total. The number of rotatable bonds is 6. The largest absolute Gasteiger partial charge is 0.463 e. The lowest BCUT2D eigenvalue weighted by atomic mass is 10.2. The lowest BCUT2D eigenvalue weighted by Gasteiger charge is -2.07. The summed E-state index contributed by atoms with van der Waals surface area (Å²) in [6, 6.07) is 0. The van der Waals surface area contributed by atoms with Crippen molar-refractivity contribution in [3.63, 3.8) is 0 Å². The van der Waals surface area contributed by atoms with E-state index in [4.69, 9.17) is 4.74 Å². The van der Waals surface area contributed by atoms with Crippen molar-refractivity contribution in [2.45, 2.75) is 25.0 Å². The van der Waals surface area contributed by atoms with Gasteiger partial charge in [-0.05, 0) is 12.8 Å². The average molecular weight is 204 g/mol. The minimum absolute atomic E-state index is 0.169. The van der Waals surface area contributed by atoms with Crippen molar-refractivity contribution in [3.05, 3.63) is 12.7 Å². The molecule has 0 aliphatic carbocycles. The molecule has 0 rings (SSSR count). The molecule has 0 bridgehead atoms. The van der Waals surface area contributed by atoms with Gasteiger partial charge in [-0.1, -0.05) is 13.5 Å². The van der Waals surface area contributed by atoms with Crippen LogP contribution in [0.25, 0.3) is 0 Å². The van der Waals surface area contributed by atoms with E-state index in [0.29, 0.717) is 6.61 Å². The topological polar surface area (TPSA) is 43.4 Å². The van der Waals surface area contributed by atoms with Crippen molar-refractivity contribution in [1.82, 2.24) is 0 Å². The molecule has 0 aromatic carbocycles. The van der Waals surface area contributed by atoms with Crippen molar-refractivity contribution in [2.75, 3.05) is 12.9 Å². The van der Waals surface area contributed by atoms with E-state index in [0.717, 1.165) is 18.9 Å². The molecule has 76 valence electrons. The minimum atomic E-state index is -0.787. The van der Waals surface area contributed by atoms with E-state index in [2.05, 4.69) is 6.58 Å². The SMILES string of the molecule is C=CC(=O)OCCCC(C)S(C)=O. The van der Waals surface area contributed by atoms with Crippen LogP contribution in [0.15, 0.2) is 12.7 Å². The van der Waals surface area contributed by atoms with E-state index in [-0.39, 0.29) is 5.25 Å². The summed E-state index contributed by atoms with van der Waals surface area (Å²) in [6.45, 7) is 5.58. The summed E-state index contributed by atoms with van der Waals surface area (Å²) >= 11 is 0. The lowest BCUT2D eigenvalue weighted by molar-refractivity contribution is -0.137. The Morgan fingerprint density at radius 1 is 1.69 bits per heavy atom. The fraction of sp³-hybridized carbons (Fsp3) is 0.667. The van der Waals surface area contributed by atoms with Crippen LogP contribution in [0.1, 0.15) is 19.8 Å². The molecule has 0 fully saturated rings. The third-order valence-corrected chi connectivity index (χ3v) is 3.10. The maximum atomic E-state index is 10.9. The Hall–Kier alpha value is -0.640. The molecule has 0 saturated carbocycles.